The molecule has 1 aromatic heterocycles. The number of hydrogen-bond acceptors (Lipinski definition) is 1. The van der Waals surface area contributed by atoms with Gasteiger partial charge in [0.25, 0.3) is 0 Å². The van der Waals surface area contributed by atoms with E-state index < -0.39 is 0 Å². The van der Waals surface area contributed by atoms with Crippen LogP contribution in [0.15, 0.2) is 36.7 Å². The summed E-state index contributed by atoms with van der Waals surface area (Å²) in [5, 5.41) is 0. The Bertz CT molecular complexity index is 629. The third kappa shape index (κ3) is 1.48. The van der Waals surface area contributed by atoms with Crippen LogP contribution < -0.4 is 0 Å². The van der Waals surface area contributed by atoms with E-state index in [1.807, 2.05) is 0 Å². The molecule has 2 nitrogen and oxygen atoms in total. The van der Waals surface area contributed by atoms with Gasteiger partial charge in [-0.1, -0.05) is 18.2 Å². The van der Waals surface area contributed by atoms with Gasteiger partial charge < -0.3 is 4.57 Å². The zero-order valence-corrected chi connectivity index (χ0v) is 11.7. The van der Waals surface area contributed by atoms with Gasteiger partial charge in [-0.25, -0.2) is 4.98 Å². The molecule has 4 aliphatic rings. The lowest BCUT2D eigenvalue weighted by atomic mass is 9.67. The Hall–Kier alpha value is -1.57. The van der Waals surface area contributed by atoms with E-state index in [4.69, 9.17) is 4.98 Å². The molecule has 0 radical (unpaired) electrons. The van der Waals surface area contributed by atoms with E-state index in [9.17, 15) is 0 Å². The zero-order chi connectivity index (χ0) is 13.1. The summed E-state index contributed by atoms with van der Waals surface area (Å²) in [5.41, 5.74) is 4.26. The predicted molar refractivity (Wildman–Crippen MR) is 79.1 cm³/mol. The first-order valence-corrected chi connectivity index (χ1v) is 8.01. The summed E-state index contributed by atoms with van der Waals surface area (Å²) < 4.78 is 2.38. The molecule has 0 N–H and O–H groups in total. The maximum absolute atomic E-state index is 4.85. The van der Waals surface area contributed by atoms with Crippen molar-refractivity contribution >= 4 is 0 Å². The number of nitrogens with zero attached hydrogens (tertiary/aromatic N) is 2. The smallest absolute Gasteiger partial charge is 0.0997 e. The van der Waals surface area contributed by atoms with E-state index in [0.717, 1.165) is 23.7 Å². The monoisotopic (exact) mass is 264 g/mol. The molecule has 1 heterocycles. The number of para-hydroxylation sites is 1. The second-order valence-electron chi connectivity index (χ2n) is 7.03. The van der Waals surface area contributed by atoms with Crippen molar-refractivity contribution in [2.75, 3.05) is 0 Å². The van der Waals surface area contributed by atoms with Crippen molar-refractivity contribution in [3.63, 3.8) is 0 Å². The fourth-order valence-corrected chi connectivity index (χ4v) is 5.18. The van der Waals surface area contributed by atoms with Crippen LogP contribution in [0, 0.1) is 11.8 Å². The van der Waals surface area contributed by atoms with Crippen LogP contribution in [-0.4, -0.2) is 9.55 Å². The molecule has 0 aliphatic heterocycles. The minimum atomic E-state index is 0.742. The summed E-state index contributed by atoms with van der Waals surface area (Å²) in [6.07, 6.45) is 9.15. The maximum atomic E-state index is 4.85. The summed E-state index contributed by atoms with van der Waals surface area (Å²) in [6, 6.07) is 10.8. The van der Waals surface area contributed by atoms with Gasteiger partial charge in [0.05, 0.1) is 12.0 Å². The van der Waals surface area contributed by atoms with Crippen LogP contribution in [0.2, 0.25) is 0 Å². The fourth-order valence-electron chi connectivity index (χ4n) is 5.18. The number of imidazole rings is 1. The van der Waals surface area contributed by atoms with Crippen LogP contribution in [-0.2, 0) is 0 Å². The van der Waals surface area contributed by atoms with Crippen molar-refractivity contribution in [2.24, 2.45) is 11.8 Å². The van der Waals surface area contributed by atoms with E-state index in [-0.39, 0.29) is 0 Å². The highest BCUT2D eigenvalue weighted by Crippen LogP contribution is 2.55. The highest BCUT2D eigenvalue weighted by Gasteiger charge is 2.44. The molecule has 20 heavy (non-hydrogen) atoms. The quantitative estimate of drug-likeness (QED) is 0.752. The average Bonchev–Trinajstić information content (AvgIpc) is 2.85. The number of rotatable bonds is 1. The van der Waals surface area contributed by atoms with Gasteiger partial charge in [-0.05, 0) is 56.1 Å². The second kappa shape index (κ2) is 3.97. The van der Waals surface area contributed by atoms with Crippen molar-refractivity contribution in [3.8, 4) is 5.69 Å². The molecule has 2 unspecified atom stereocenters. The van der Waals surface area contributed by atoms with Gasteiger partial charge in [0.15, 0.2) is 0 Å². The number of aromatic nitrogens is 2. The lowest BCUT2D eigenvalue weighted by Crippen LogP contribution is -2.26. The lowest BCUT2D eigenvalue weighted by molar-refractivity contribution is 0.163. The number of benzene rings is 1. The van der Waals surface area contributed by atoms with Crippen LogP contribution in [0.4, 0.5) is 0 Å². The van der Waals surface area contributed by atoms with Gasteiger partial charge in [-0.3, -0.25) is 0 Å². The predicted octanol–water partition coefficient (Wildman–Crippen LogP) is 4.26. The molecule has 2 heteroatoms. The first-order valence-electron chi connectivity index (χ1n) is 8.01. The Morgan fingerprint density at radius 1 is 0.850 bits per heavy atom. The largest absolute Gasteiger partial charge is 0.303 e. The Kier molecular flexibility index (Phi) is 2.21. The van der Waals surface area contributed by atoms with Crippen molar-refractivity contribution in [1.82, 2.24) is 9.55 Å². The van der Waals surface area contributed by atoms with Gasteiger partial charge in [-0.15, -0.1) is 0 Å². The summed E-state index contributed by atoms with van der Waals surface area (Å²) >= 11 is 0. The standard InChI is InChI=1S/C18H20N2/c1-2-4-16(5-3-1)20-11-19-17-14-7-12-6-13(8-14)10-15(9-12)18(17)20/h1-5,11-15H,6-10H2. The van der Waals surface area contributed by atoms with E-state index in [0.29, 0.717) is 0 Å². The molecular formula is C18H20N2. The first kappa shape index (κ1) is 11.1. The second-order valence-corrected chi connectivity index (χ2v) is 7.03. The fraction of sp³-hybridized carbons (Fsp3) is 0.500. The summed E-state index contributed by atoms with van der Waals surface area (Å²) in [6.45, 7) is 0. The summed E-state index contributed by atoms with van der Waals surface area (Å²) in [7, 11) is 0. The summed E-state index contributed by atoms with van der Waals surface area (Å²) in [5.74, 6) is 3.43. The minimum absolute atomic E-state index is 0.742. The molecule has 0 saturated heterocycles. The minimum Gasteiger partial charge on any atom is -0.303 e. The van der Waals surface area contributed by atoms with Crippen molar-refractivity contribution < 1.29 is 0 Å². The number of hydrogen-bond donors (Lipinski definition) is 0. The van der Waals surface area contributed by atoms with Crippen LogP contribution in [0.25, 0.3) is 5.69 Å². The molecule has 2 saturated carbocycles. The van der Waals surface area contributed by atoms with Gasteiger partial charge in [0, 0.05) is 23.2 Å². The van der Waals surface area contributed by atoms with Crippen LogP contribution in [0.5, 0.6) is 0 Å². The summed E-state index contributed by atoms with van der Waals surface area (Å²) in [4.78, 5) is 4.85. The van der Waals surface area contributed by atoms with Crippen LogP contribution >= 0.6 is 0 Å². The third-order valence-electron chi connectivity index (χ3n) is 5.78. The molecule has 0 spiro atoms. The van der Waals surface area contributed by atoms with Gasteiger partial charge in [-0.2, -0.15) is 0 Å². The molecule has 102 valence electrons. The lowest BCUT2D eigenvalue weighted by Gasteiger charge is -2.38. The molecule has 0 amide bonds. The molecule has 1 aromatic carbocycles. The maximum Gasteiger partial charge on any atom is 0.0997 e. The molecular weight excluding hydrogens is 244 g/mol. The highest BCUT2D eigenvalue weighted by molar-refractivity contribution is 5.39. The Labute approximate surface area is 119 Å². The molecule has 2 aromatic rings. The Morgan fingerprint density at radius 3 is 2.30 bits per heavy atom. The normalized spacial score (nSPS) is 34.0. The van der Waals surface area contributed by atoms with Gasteiger partial charge in [0.2, 0.25) is 0 Å². The molecule has 6 rings (SSSR count). The molecule has 2 fully saturated rings. The van der Waals surface area contributed by atoms with Crippen molar-refractivity contribution in [1.29, 1.82) is 0 Å². The van der Waals surface area contributed by atoms with Crippen molar-refractivity contribution in [2.45, 2.75) is 43.9 Å². The van der Waals surface area contributed by atoms with Crippen LogP contribution in [0.1, 0.15) is 55.3 Å². The Balaban J connectivity index is 1.69. The highest BCUT2D eigenvalue weighted by atomic mass is 15.1. The van der Waals surface area contributed by atoms with Crippen LogP contribution in [0.3, 0.4) is 0 Å². The Morgan fingerprint density at radius 2 is 1.55 bits per heavy atom. The van der Waals surface area contributed by atoms with E-state index in [2.05, 4.69) is 41.2 Å². The SMILES string of the molecule is c1ccc(-n2cnc3c2C2CC4CC(CC3C4)C2)cc1. The first-order chi connectivity index (χ1) is 9.88. The zero-order valence-electron chi connectivity index (χ0n) is 11.7. The van der Waals surface area contributed by atoms with E-state index in [1.165, 1.54) is 43.5 Å². The van der Waals surface area contributed by atoms with E-state index >= 15 is 0 Å². The van der Waals surface area contributed by atoms with Crippen molar-refractivity contribution in [3.05, 3.63) is 48.0 Å². The molecule has 2 atom stereocenters. The third-order valence-corrected chi connectivity index (χ3v) is 5.78. The van der Waals surface area contributed by atoms with E-state index in [1.54, 1.807) is 5.69 Å². The average molecular weight is 264 g/mol. The van der Waals surface area contributed by atoms with Gasteiger partial charge in [0.1, 0.15) is 0 Å². The molecule has 4 bridgehead atoms. The molecule has 4 aliphatic carbocycles. The topological polar surface area (TPSA) is 17.8 Å². The van der Waals surface area contributed by atoms with Gasteiger partial charge >= 0.3 is 0 Å².